The summed E-state index contributed by atoms with van der Waals surface area (Å²) >= 11 is 0. The molecule has 29 heavy (non-hydrogen) atoms. The zero-order valence-electron chi connectivity index (χ0n) is 17.1. The van der Waals surface area contributed by atoms with E-state index in [4.69, 9.17) is 0 Å². The largest absolute Gasteiger partial charge is 0.381 e. The molecule has 0 bridgehead atoms. The van der Waals surface area contributed by atoms with Crippen molar-refractivity contribution in [3.05, 3.63) is 42.7 Å². The molecule has 0 radical (unpaired) electrons. The van der Waals surface area contributed by atoms with Crippen molar-refractivity contribution in [2.45, 2.75) is 31.7 Å². The molecule has 7 heteroatoms. The van der Waals surface area contributed by atoms with Crippen molar-refractivity contribution in [2.24, 2.45) is 5.92 Å². The number of likely N-dealkylation sites (tertiary alicyclic amines) is 1. The molecule has 7 nitrogen and oxygen atoms in total. The first-order valence-corrected chi connectivity index (χ1v) is 10.6. The summed E-state index contributed by atoms with van der Waals surface area (Å²) in [6.07, 6.45) is 7.58. The third-order valence-corrected chi connectivity index (χ3v) is 5.89. The number of para-hydroxylation sites is 2. The molecular weight excluding hydrogens is 364 g/mol. The van der Waals surface area contributed by atoms with Gasteiger partial charge in [0.15, 0.2) is 0 Å². The third-order valence-electron chi connectivity index (χ3n) is 5.89. The van der Waals surface area contributed by atoms with Gasteiger partial charge in [0, 0.05) is 31.5 Å². The van der Waals surface area contributed by atoms with Crippen LogP contribution in [-0.4, -0.2) is 60.0 Å². The zero-order chi connectivity index (χ0) is 20.1. The van der Waals surface area contributed by atoms with Crippen LogP contribution in [0.15, 0.2) is 42.7 Å². The number of carbonyl (C=O) groups is 1. The lowest BCUT2D eigenvalue weighted by Gasteiger charge is -2.32. The van der Waals surface area contributed by atoms with Crippen LogP contribution in [-0.2, 0) is 4.79 Å². The van der Waals surface area contributed by atoms with E-state index in [0.29, 0.717) is 18.5 Å². The average Bonchev–Trinajstić information content (AvgIpc) is 2.77. The van der Waals surface area contributed by atoms with Crippen molar-refractivity contribution in [3.8, 4) is 0 Å². The SMILES string of the molecule is CN1CCC(Nc2ccccc2NC(=O)[C@H]2CCCN(c3ncccn3)C2)CC1. The summed E-state index contributed by atoms with van der Waals surface area (Å²) < 4.78 is 0. The van der Waals surface area contributed by atoms with Crippen LogP contribution < -0.4 is 15.5 Å². The predicted octanol–water partition coefficient (Wildman–Crippen LogP) is 2.84. The van der Waals surface area contributed by atoms with Gasteiger partial charge in [-0.2, -0.15) is 0 Å². The molecule has 1 amide bonds. The number of nitrogens with zero attached hydrogens (tertiary/aromatic N) is 4. The highest BCUT2D eigenvalue weighted by Crippen LogP contribution is 2.27. The molecule has 2 aliphatic heterocycles. The smallest absolute Gasteiger partial charge is 0.229 e. The van der Waals surface area contributed by atoms with Crippen LogP contribution in [0, 0.1) is 5.92 Å². The van der Waals surface area contributed by atoms with E-state index < -0.39 is 0 Å². The van der Waals surface area contributed by atoms with Crippen LogP contribution in [0.1, 0.15) is 25.7 Å². The lowest BCUT2D eigenvalue weighted by molar-refractivity contribution is -0.120. The van der Waals surface area contributed by atoms with E-state index >= 15 is 0 Å². The quantitative estimate of drug-likeness (QED) is 0.812. The van der Waals surface area contributed by atoms with E-state index in [-0.39, 0.29) is 11.8 Å². The molecule has 2 fully saturated rings. The fourth-order valence-corrected chi connectivity index (χ4v) is 4.15. The lowest BCUT2D eigenvalue weighted by Crippen LogP contribution is -2.41. The molecule has 2 aromatic rings. The molecule has 3 heterocycles. The van der Waals surface area contributed by atoms with E-state index in [2.05, 4.69) is 43.5 Å². The van der Waals surface area contributed by atoms with Crippen molar-refractivity contribution < 1.29 is 4.79 Å². The standard InChI is InChI=1S/C22H30N6O/c1-27-14-9-18(10-15-27)25-19-7-2-3-8-20(19)26-21(29)17-6-4-13-28(16-17)22-23-11-5-12-24-22/h2-3,5,7-8,11-12,17-18,25H,4,6,9-10,13-16H2,1H3,(H,26,29)/t17-/m0/s1. The number of carbonyl (C=O) groups excluding carboxylic acids is 1. The summed E-state index contributed by atoms with van der Waals surface area (Å²) in [7, 11) is 2.17. The van der Waals surface area contributed by atoms with Crippen LogP contribution >= 0.6 is 0 Å². The maximum Gasteiger partial charge on any atom is 0.229 e. The summed E-state index contributed by atoms with van der Waals surface area (Å²) in [6.45, 7) is 3.75. The van der Waals surface area contributed by atoms with Gasteiger partial charge in [-0.25, -0.2) is 9.97 Å². The number of anilines is 3. The second-order valence-electron chi connectivity index (χ2n) is 8.09. The first kappa shape index (κ1) is 19.6. The van der Waals surface area contributed by atoms with Crippen molar-refractivity contribution >= 4 is 23.2 Å². The molecule has 0 saturated carbocycles. The average molecular weight is 395 g/mol. The number of rotatable bonds is 5. The van der Waals surface area contributed by atoms with Crippen molar-refractivity contribution in [1.29, 1.82) is 0 Å². The van der Waals surface area contributed by atoms with Gasteiger partial charge in [-0.05, 0) is 64.0 Å². The van der Waals surface area contributed by atoms with Gasteiger partial charge in [0.25, 0.3) is 0 Å². The fraction of sp³-hybridized carbons (Fsp3) is 0.500. The van der Waals surface area contributed by atoms with Gasteiger partial charge in [-0.1, -0.05) is 12.1 Å². The molecule has 2 aliphatic rings. The monoisotopic (exact) mass is 394 g/mol. The predicted molar refractivity (Wildman–Crippen MR) is 116 cm³/mol. The number of nitrogens with one attached hydrogen (secondary N) is 2. The summed E-state index contributed by atoms with van der Waals surface area (Å²) in [5, 5.41) is 6.81. The maximum absolute atomic E-state index is 13.0. The Morgan fingerprint density at radius 2 is 1.72 bits per heavy atom. The van der Waals surface area contributed by atoms with Crippen molar-refractivity contribution in [2.75, 3.05) is 48.8 Å². The number of hydrogen-bond donors (Lipinski definition) is 2. The second-order valence-corrected chi connectivity index (χ2v) is 8.09. The Bertz CT molecular complexity index is 806. The van der Waals surface area contributed by atoms with Gasteiger partial charge in [0.2, 0.25) is 11.9 Å². The van der Waals surface area contributed by atoms with Crippen LogP contribution in [0.25, 0.3) is 0 Å². The molecule has 0 unspecified atom stereocenters. The van der Waals surface area contributed by atoms with Gasteiger partial charge in [0.1, 0.15) is 0 Å². The summed E-state index contributed by atoms with van der Waals surface area (Å²) in [5.74, 6) is 0.710. The molecule has 154 valence electrons. The normalized spacial score (nSPS) is 21.0. The molecule has 2 N–H and O–H groups in total. The molecule has 1 aromatic heterocycles. The number of piperidine rings is 2. The Hall–Kier alpha value is -2.67. The van der Waals surface area contributed by atoms with E-state index in [1.165, 1.54) is 0 Å². The molecule has 4 rings (SSSR count). The van der Waals surface area contributed by atoms with Gasteiger partial charge >= 0.3 is 0 Å². The maximum atomic E-state index is 13.0. The van der Waals surface area contributed by atoms with Crippen molar-refractivity contribution in [1.82, 2.24) is 14.9 Å². The van der Waals surface area contributed by atoms with Crippen LogP contribution in [0.2, 0.25) is 0 Å². The molecule has 1 aromatic carbocycles. The minimum Gasteiger partial charge on any atom is -0.381 e. The highest BCUT2D eigenvalue weighted by Gasteiger charge is 2.27. The topological polar surface area (TPSA) is 73.4 Å². The fourth-order valence-electron chi connectivity index (χ4n) is 4.15. The van der Waals surface area contributed by atoms with Crippen LogP contribution in [0.3, 0.4) is 0 Å². The first-order valence-electron chi connectivity index (χ1n) is 10.6. The molecule has 0 spiro atoms. The number of hydrogen-bond acceptors (Lipinski definition) is 6. The lowest BCUT2D eigenvalue weighted by atomic mass is 9.97. The third kappa shape index (κ3) is 5.03. The minimum atomic E-state index is -0.0658. The molecule has 2 saturated heterocycles. The van der Waals surface area contributed by atoms with E-state index in [9.17, 15) is 4.79 Å². The van der Waals surface area contributed by atoms with Crippen LogP contribution in [0.5, 0.6) is 0 Å². The van der Waals surface area contributed by atoms with Gasteiger partial charge in [-0.15, -0.1) is 0 Å². The van der Waals surface area contributed by atoms with Gasteiger partial charge in [0.05, 0.1) is 17.3 Å². The summed E-state index contributed by atoms with van der Waals surface area (Å²) in [6, 6.07) is 10.3. The molecule has 1 atom stereocenters. The minimum absolute atomic E-state index is 0.0658. The highest BCUT2D eigenvalue weighted by atomic mass is 16.1. The number of amides is 1. The Balaban J connectivity index is 1.39. The highest BCUT2D eigenvalue weighted by molar-refractivity contribution is 5.96. The Morgan fingerprint density at radius 1 is 1.00 bits per heavy atom. The second kappa shape index (κ2) is 9.22. The van der Waals surface area contributed by atoms with E-state index in [1.54, 1.807) is 12.4 Å². The zero-order valence-corrected chi connectivity index (χ0v) is 17.1. The summed E-state index contributed by atoms with van der Waals surface area (Å²) in [5.41, 5.74) is 1.87. The van der Waals surface area contributed by atoms with Crippen LogP contribution in [0.4, 0.5) is 17.3 Å². The number of aromatic nitrogens is 2. The van der Waals surface area contributed by atoms with E-state index in [0.717, 1.165) is 56.7 Å². The first-order chi connectivity index (χ1) is 14.2. The summed E-state index contributed by atoms with van der Waals surface area (Å²) in [4.78, 5) is 26.2. The van der Waals surface area contributed by atoms with Crippen molar-refractivity contribution in [3.63, 3.8) is 0 Å². The number of benzene rings is 1. The van der Waals surface area contributed by atoms with Gasteiger partial charge in [-0.3, -0.25) is 4.79 Å². The van der Waals surface area contributed by atoms with E-state index in [1.807, 2.05) is 24.3 Å². The Kier molecular flexibility index (Phi) is 6.24. The Morgan fingerprint density at radius 3 is 2.48 bits per heavy atom. The van der Waals surface area contributed by atoms with Gasteiger partial charge < -0.3 is 20.4 Å². The Labute approximate surface area is 172 Å². The molecular formula is C22H30N6O. The molecule has 0 aliphatic carbocycles.